The number of hydrogen-bond acceptors (Lipinski definition) is 16. The number of β-lactam (4-membered cyclic amide) rings is 1. The molecule has 0 saturated carbocycles. The fraction of sp³-hybridized carbons (Fsp3) is 0.407. The van der Waals surface area contributed by atoms with Crippen LogP contribution in [0.25, 0.3) is 10.9 Å². The van der Waals surface area contributed by atoms with Gasteiger partial charge in [0.05, 0.1) is 12.6 Å². The van der Waals surface area contributed by atoms with Gasteiger partial charge in [-0.25, -0.2) is 9.97 Å². The second-order valence-electron chi connectivity index (χ2n) is 10.9. The van der Waals surface area contributed by atoms with Crippen LogP contribution in [0.3, 0.4) is 0 Å². The number of hydrogen-bond donors (Lipinski definition) is 6. The van der Waals surface area contributed by atoms with Crippen LogP contribution < -0.4 is 32.2 Å². The van der Waals surface area contributed by atoms with Gasteiger partial charge in [-0.05, 0) is 63.2 Å². The van der Waals surface area contributed by atoms with Crippen LogP contribution >= 0.6 is 11.3 Å². The molecule has 4 aromatic rings. The Morgan fingerprint density at radius 2 is 2.09 bits per heavy atom. The van der Waals surface area contributed by atoms with Crippen LogP contribution in [0.1, 0.15) is 37.4 Å². The lowest BCUT2D eigenvalue weighted by molar-refractivity contribution is -0.248. The van der Waals surface area contributed by atoms with Crippen LogP contribution in [0.4, 0.5) is 10.9 Å². The third kappa shape index (κ3) is 6.52. The second kappa shape index (κ2) is 13.2. The molecular formula is C27H33N13O5S. The SMILES string of the molecule is CON1C(=O)[C@@H](NC(=O)/C(=N\O[C@H](COc2ccc3nc(NC4CCNCC4)ccc3c2)c2nn[nH]n2)c2csc(N)n2)C1(C)N. The number of amides is 2. The highest BCUT2D eigenvalue weighted by Gasteiger charge is 2.57. The lowest BCUT2D eigenvalue weighted by Crippen LogP contribution is -2.81. The zero-order chi connectivity index (χ0) is 32.3. The lowest BCUT2D eigenvalue weighted by atomic mass is 9.92. The number of nitrogens with one attached hydrogen (secondary N) is 4. The molecule has 2 saturated heterocycles. The third-order valence-corrected chi connectivity index (χ3v) is 8.25. The number of anilines is 2. The van der Waals surface area contributed by atoms with Crippen molar-refractivity contribution in [2.24, 2.45) is 10.9 Å². The minimum atomic E-state index is -1.30. The number of thiazole rings is 1. The number of benzene rings is 1. The minimum Gasteiger partial charge on any atom is -0.489 e. The van der Waals surface area contributed by atoms with Crippen molar-refractivity contribution in [2.75, 3.05) is 37.9 Å². The molecule has 2 amide bonds. The average molecular weight is 652 g/mol. The van der Waals surface area contributed by atoms with Gasteiger partial charge in [0.25, 0.3) is 11.8 Å². The van der Waals surface area contributed by atoms with Gasteiger partial charge < -0.3 is 37.0 Å². The minimum absolute atomic E-state index is 0.101. The quantitative estimate of drug-likeness (QED) is 0.0674. The number of oxime groups is 1. The smallest absolute Gasteiger partial charge is 0.276 e. The summed E-state index contributed by atoms with van der Waals surface area (Å²) < 4.78 is 6.03. The van der Waals surface area contributed by atoms with Crippen molar-refractivity contribution in [3.05, 3.63) is 47.2 Å². The molecule has 1 aromatic carbocycles. The first-order valence-corrected chi connectivity index (χ1v) is 15.3. The van der Waals surface area contributed by atoms with E-state index >= 15 is 0 Å². The average Bonchev–Trinajstić information content (AvgIpc) is 3.74. The van der Waals surface area contributed by atoms with Crippen LogP contribution in [0.2, 0.25) is 0 Å². The molecule has 6 rings (SSSR count). The van der Waals surface area contributed by atoms with Crippen LogP contribution in [0, 0.1) is 0 Å². The van der Waals surface area contributed by atoms with Crippen LogP contribution in [-0.2, 0) is 19.3 Å². The number of carbonyl (C=O) groups is 2. The summed E-state index contributed by atoms with van der Waals surface area (Å²) >= 11 is 1.10. The molecule has 1 unspecified atom stereocenters. The molecule has 46 heavy (non-hydrogen) atoms. The Morgan fingerprint density at radius 1 is 1.26 bits per heavy atom. The zero-order valence-corrected chi connectivity index (χ0v) is 25.8. The van der Waals surface area contributed by atoms with Crippen molar-refractivity contribution < 1.29 is 24.0 Å². The number of tetrazole rings is 1. The Hall–Kier alpha value is -4.98. The largest absolute Gasteiger partial charge is 0.489 e. The number of rotatable bonds is 12. The topological polar surface area (TPSA) is 246 Å². The number of ether oxygens (including phenoxy) is 1. The summed E-state index contributed by atoms with van der Waals surface area (Å²) in [5.74, 6) is 0.175. The van der Waals surface area contributed by atoms with Crippen molar-refractivity contribution in [1.29, 1.82) is 0 Å². The van der Waals surface area contributed by atoms with Crippen molar-refractivity contribution in [1.82, 2.24) is 46.3 Å². The number of piperidine rings is 1. The molecule has 3 aromatic heterocycles. The molecule has 18 nitrogen and oxygen atoms in total. The van der Waals surface area contributed by atoms with E-state index in [1.807, 2.05) is 24.3 Å². The van der Waals surface area contributed by atoms with Crippen molar-refractivity contribution in [3.63, 3.8) is 0 Å². The van der Waals surface area contributed by atoms with E-state index in [0.29, 0.717) is 11.8 Å². The Kier molecular flexibility index (Phi) is 8.88. The second-order valence-corrected chi connectivity index (χ2v) is 11.7. The molecule has 2 fully saturated rings. The lowest BCUT2D eigenvalue weighted by Gasteiger charge is -2.50. The summed E-state index contributed by atoms with van der Waals surface area (Å²) in [6.45, 7) is 3.41. The van der Waals surface area contributed by atoms with Crippen LogP contribution in [-0.4, -0.2) is 97.7 Å². The normalized spacial score (nSPS) is 21.1. The first-order chi connectivity index (χ1) is 22.2. The van der Waals surface area contributed by atoms with Crippen molar-refractivity contribution in [3.8, 4) is 5.75 Å². The number of hydroxylamine groups is 2. The number of nitrogens with zero attached hydrogens (tertiary/aromatic N) is 7. The highest BCUT2D eigenvalue weighted by Crippen LogP contribution is 2.28. The predicted octanol–water partition coefficient (Wildman–Crippen LogP) is 0.0548. The van der Waals surface area contributed by atoms with Crippen molar-refractivity contribution >= 4 is 50.7 Å². The van der Waals surface area contributed by atoms with E-state index in [1.54, 1.807) is 6.07 Å². The van der Waals surface area contributed by atoms with E-state index in [2.05, 4.69) is 46.7 Å². The van der Waals surface area contributed by atoms with Gasteiger partial charge in [-0.15, -0.1) is 21.5 Å². The number of carbonyl (C=O) groups excluding carboxylic acids is 2. The molecule has 19 heteroatoms. The molecule has 5 heterocycles. The Bertz CT molecular complexity index is 1720. The summed E-state index contributed by atoms with van der Waals surface area (Å²) in [6.07, 6.45) is 1.09. The molecule has 2 aliphatic heterocycles. The number of pyridine rings is 1. The van der Waals surface area contributed by atoms with Crippen LogP contribution in [0.5, 0.6) is 5.75 Å². The Morgan fingerprint density at radius 3 is 2.78 bits per heavy atom. The van der Waals surface area contributed by atoms with Gasteiger partial charge in [0.2, 0.25) is 11.9 Å². The molecule has 2 aliphatic rings. The number of nitrogens with two attached hydrogens (primary N) is 2. The number of fused-ring (bicyclic) bond motifs is 1. The third-order valence-electron chi connectivity index (χ3n) is 7.58. The molecule has 3 atom stereocenters. The number of H-pyrrole nitrogens is 1. The van der Waals surface area contributed by atoms with E-state index in [0.717, 1.165) is 59.1 Å². The number of aromatic nitrogens is 6. The fourth-order valence-electron chi connectivity index (χ4n) is 5.15. The van der Waals surface area contributed by atoms with Gasteiger partial charge in [-0.2, -0.15) is 10.3 Å². The van der Waals surface area contributed by atoms with E-state index in [4.69, 9.17) is 30.9 Å². The molecule has 0 spiro atoms. The maximum absolute atomic E-state index is 13.4. The monoisotopic (exact) mass is 651 g/mol. The Balaban J connectivity index is 1.17. The maximum atomic E-state index is 13.4. The molecule has 0 radical (unpaired) electrons. The van der Waals surface area contributed by atoms with Gasteiger partial charge in [0.15, 0.2) is 10.8 Å². The molecule has 0 bridgehead atoms. The zero-order valence-electron chi connectivity index (χ0n) is 25.0. The highest BCUT2D eigenvalue weighted by molar-refractivity contribution is 7.13. The summed E-state index contributed by atoms with van der Waals surface area (Å²) in [5.41, 5.74) is 11.4. The molecule has 8 N–H and O–H groups in total. The number of nitrogen functional groups attached to an aromatic ring is 1. The molecule has 0 aliphatic carbocycles. The van der Waals surface area contributed by atoms with E-state index in [9.17, 15) is 9.59 Å². The highest BCUT2D eigenvalue weighted by atomic mass is 32.1. The van der Waals surface area contributed by atoms with E-state index in [-0.39, 0.29) is 29.0 Å². The van der Waals surface area contributed by atoms with Gasteiger partial charge in [-0.1, -0.05) is 10.4 Å². The molecule has 242 valence electrons. The fourth-order valence-corrected chi connectivity index (χ4v) is 5.69. The van der Waals surface area contributed by atoms with E-state index in [1.165, 1.54) is 19.4 Å². The van der Waals surface area contributed by atoms with Gasteiger partial charge >= 0.3 is 0 Å². The summed E-state index contributed by atoms with van der Waals surface area (Å²) in [7, 11) is 1.30. The first kappa shape index (κ1) is 31.0. The predicted molar refractivity (Wildman–Crippen MR) is 166 cm³/mol. The molecular weight excluding hydrogens is 618 g/mol. The van der Waals surface area contributed by atoms with Crippen molar-refractivity contribution in [2.45, 2.75) is 43.6 Å². The standard InChI is InChI=1S/C27H33N13O5S/c1-27(29)22(25(42)40(27)43-2)34-24(41)21(18-13-46-26(28)33-18)37-45-19(23-35-38-39-36-23)12-44-16-4-5-17-14(11-16)3-6-20(32-17)31-15-7-9-30-10-8-15/h3-6,11,13,15,19,22,30H,7-10,12,29H2,1-2H3,(H2,28,33)(H,31,32)(H,34,41)(H,35,36,38,39)/b37-21-/t19-,22-,27?/m1/s1. The number of aromatic amines is 1. The first-order valence-electron chi connectivity index (χ1n) is 14.4. The van der Waals surface area contributed by atoms with Gasteiger partial charge in [-0.3, -0.25) is 14.4 Å². The van der Waals surface area contributed by atoms with Gasteiger partial charge in [0.1, 0.15) is 35.6 Å². The maximum Gasteiger partial charge on any atom is 0.276 e. The Labute approximate surface area is 266 Å². The summed E-state index contributed by atoms with van der Waals surface area (Å²) in [4.78, 5) is 45.5. The summed E-state index contributed by atoms with van der Waals surface area (Å²) in [6, 6.07) is 8.74. The summed E-state index contributed by atoms with van der Waals surface area (Å²) in [5, 5.41) is 31.1. The van der Waals surface area contributed by atoms with Crippen LogP contribution in [0.15, 0.2) is 40.9 Å². The van der Waals surface area contributed by atoms with E-state index < -0.39 is 29.6 Å². The van der Waals surface area contributed by atoms with Gasteiger partial charge in [0, 0.05) is 16.8 Å².